The van der Waals surface area contributed by atoms with E-state index in [1.54, 1.807) is 18.5 Å². The van der Waals surface area contributed by atoms with Crippen molar-refractivity contribution in [2.45, 2.75) is 45.3 Å². The average molecular weight is 457 g/mol. The summed E-state index contributed by atoms with van der Waals surface area (Å²) in [6, 6.07) is 3.67. The lowest BCUT2D eigenvalue weighted by molar-refractivity contribution is 0.0447. The second-order valence-corrected chi connectivity index (χ2v) is 9.77. The number of piperidine rings is 2. The number of hydrogen-bond donors (Lipinski definition) is 1. The van der Waals surface area contributed by atoms with Gasteiger partial charge in [0.15, 0.2) is 0 Å². The van der Waals surface area contributed by atoms with E-state index in [1.807, 2.05) is 13.0 Å². The third-order valence-corrected chi connectivity index (χ3v) is 7.84. The van der Waals surface area contributed by atoms with E-state index in [2.05, 4.69) is 19.8 Å². The monoisotopic (exact) mass is 456 g/mol. The summed E-state index contributed by atoms with van der Waals surface area (Å²) in [6.07, 6.45) is 7.40. The molecule has 2 saturated heterocycles. The van der Waals surface area contributed by atoms with Crippen molar-refractivity contribution in [1.29, 1.82) is 0 Å². The molecule has 0 unspecified atom stereocenters. The number of aromatic nitrogens is 2. The average Bonchev–Trinajstić information content (AvgIpc) is 3.18. The summed E-state index contributed by atoms with van der Waals surface area (Å²) in [5, 5.41) is 11.4. The fourth-order valence-electron chi connectivity index (χ4n) is 5.48. The quantitative estimate of drug-likeness (QED) is 0.705. The van der Waals surface area contributed by atoms with E-state index in [9.17, 15) is 9.90 Å². The number of aliphatic hydroxyl groups is 1. The van der Waals surface area contributed by atoms with Gasteiger partial charge >= 0.3 is 5.97 Å². The molecule has 1 spiro atoms. The van der Waals surface area contributed by atoms with E-state index in [0.29, 0.717) is 29.3 Å². The highest BCUT2D eigenvalue weighted by atomic mass is 35.5. The molecule has 1 atom stereocenters. The number of ether oxygens (including phenoxy) is 1. The first-order chi connectivity index (χ1) is 15.4. The van der Waals surface area contributed by atoms with Crippen LogP contribution in [0.5, 0.6) is 0 Å². The zero-order chi connectivity index (χ0) is 22.3. The summed E-state index contributed by atoms with van der Waals surface area (Å²) >= 11 is 6.00. The number of carbonyl (C=O) groups excluding carboxylic acids is 1. The largest absolute Gasteiger partial charge is 0.457 e. The van der Waals surface area contributed by atoms with Crippen molar-refractivity contribution in [1.82, 2.24) is 14.9 Å². The molecule has 0 aliphatic carbocycles. The van der Waals surface area contributed by atoms with Gasteiger partial charge in [0.1, 0.15) is 17.6 Å². The minimum atomic E-state index is -0.562. The minimum absolute atomic E-state index is 0.265. The third-order valence-electron chi connectivity index (χ3n) is 7.66. The number of benzene rings is 1. The molecule has 1 N–H and O–H groups in total. The SMILES string of the molecule is Cc1c([C@@H](O)CN2CCC3(CC2)CCN(c2cncc(Cl)n2)CC3)ccc2c1COC2=O. The van der Waals surface area contributed by atoms with Gasteiger partial charge in [0.2, 0.25) is 0 Å². The lowest BCUT2D eigenvalue weighted by Gasteiger charge is -2.47. The molecule has 1 aromatic carbocycles. The summed E-state index contributed by atoms with van der Waals surface area (Å²) in [6.45, 7) is 6.86. The molecule has 5 rings (SSSR count). The van der Waals surface area contributed by atoms with Crippen LogP contribution < -0.4 is 4.90 Å². The number of esters is 1. The maximum absolute atomic E-state index is 11.8. The van der Waals surface area contributed by atoms with Crippen LogP contribution in [0.4, 0.5) is 5.82 Å². The molecule has 3 aliphatic rings. The Morgan fingerprint density at radius 1 is 1.16 bits per heavy atom. The number of halogens is 1. The van der Waals surface area contributed by atoms with Crippen LogP contribution >= 0.6 is 11.6 Å². The standard InChI is InChI=1S/C24H29ClN4O3/c1-16-17(2-3-18-19(16)15-32-23(18)31)20(30)14-28-8-4-24(5-9-28)6-10-29(11-7-24)22-13-26-12-21(25)27-22/h2-3,12-13,20,30H,4-11,14-15H2,1H3/t20-/m0/s1. The number of hydrogen-bond acceptors (Lipinski definition) is 7. The minimum Gasteiger partial charge on any atom is -0.457 e. The molecule has 2 aromatic rings. The highest BCUT2D eigenvalue weighted by molar-refractivity contribution is 6.29. The Morgan fingerprint density at radius 3 is 2.59 bits per heavy atom. The Hall–Kier alpha value is -2.22. The highest BCUT2D eigenvalue weighted by Gasteiger charge is 2.38. The Bertz CT molecular complexity index is 1010. The number of anilines is 1. The van der Waals surface area contributed by atoms with Crippen LogP contribution in [0.1, 0.15) is 58.8 Å². The van der Waals surface area contributed by atoms with Crippen LogP contribution in [-0.4, -0.2) is 58.7 Å². The maximum Gasteiger partial charge on any atom is 0.338 e. The van der Waals surface area contributed by atoms with Crippen molar-refractivity contribution in [2.24, 2.45) is 5.41 Å². The van der Waals surface area contributed by atoms with E-state index >= 15 is 0 Å². The van der Waals surface area contributed by atoms with Gasteiger partial charge in [-0.1, -0.05) is 17.7 Å². The number of aliphatic hydroxyl groups excluding tert-OH is 1. The predicted molar refractivity (Wildman–Crippen MR) is 122 cm³/mol. The van der Waals surface area contributed by atoms with Gasteiger partial charge in [0.25, 0.3) is 0 Å². The molecule has 2 fully saturated rings. The predicted octanol–water partition coefficient (Wildman–Crippen LogP) is 3.52. The first kappa shape index (κ1) is 21.6. The van der Waals surface area contributed by atoms with E-state index in [4.69, 9.17) is 16.3 Å². The molecular weight excluding hydrogens is 428 g/mol. The number of nitrogens with zero attached hydrogens (tertiary/aromatic N) is 4. The van der Waals surface area contributed by atoms with Crippen LogP contribution in [0.3, 0.4) is 0 Å². The molecule has 0 saturated carbocycles. The molecule has 0 amide bonds. The topological polar surface area (TPSA) is 78.8 Å². The van der Waals surface area contributed by atoms with E-state index in [0.717, 1.165) is 74.4 Å². The molecule has 7 nitrogen and oxygen atoms in total. The Labute approximate surface area is 193 Å². The second kappa shape index (κ2) is 8.61. The van der Waals surface area contributed by atoms with Crippen molar-refractivity contribution in [3.8, 4) is 0 Å². The number of cyclic esters (lactones) is 1. The van der Waals surface area contributed by atoms with Crippen LogP contribution in [0.2, 0.25) is 5.15 Å². The van der Waals surface area contributed by atoms with Gasteiger partial charge in [-0.25, -0.2) is 9.78 Å². The van der Waals surface area contributed by atoms with Gasteiger partial charge in [-0.3, -0.25) is 4.98 Å². The first-order valence-corrected chi connectivity index (χ1v) is 11.7. The fourth-order valence-corrected chi connectivity index (χ4v) is 5.62. The summed E-state index contributed by atoms with van der Waals surface area (Å²) in [7, 11) is 0. The number of fused-ring (bicyclic) bond motifs is 1. The smallest absolute Gasteiger partial charge is 0.338 e. The third kappa shape index (κ3) is 4.09. The molecule has 32 heavy (non-hydrogen) atoms. The summed E-state index contributed by atoms with van der Waals surface area (Å²) in [5.41, 5.74) is 3.81. The van der Waals surface area contributed by atoms with Gasteiger partial charge in [-0.15, -0.1) is 0 Å². The van der Waals surface area contributed by atoms with Crippen molar-refractivity contribution in [2.75, 3.05) is 37.6 Å². The van der Waals surface area contributed by atoms with Crippen LogP contribution in [0.25, 0.3) is 0 Å². The van der Waals surface area contributed by atoms with Gasteiger partial charge in [-0.2, -0.15) is 0 Å². The molecule has 0 radical (unpaired) electrons. The van der Waals surface area contributed by atoms with Crippen molar-refractivity contribution in [3.63, 3.8) is 0 Å². The molecule has 1 aromatic heterocycles. The zero-order valence-corrected chi connectivity index (χ0v) is 19.1. The highest BCUT2D eigenvalue weighted by Crippen LogP contribution is 2.42. The van der Waals surface area contributed by atoms with Gasteiger partial charge < -0.3 is 19.6 Å². The summed E-state index contributed by atoms with van der Waals surface area (Å²) in [4.78, 5) is 25.0. The van der Waals surface area contributed by atoms with Crippen LogP contribution in [0.15, 0.2) is 24.5 Å². The Morgan fingerprint density at radius 2 is 1.88 bits per heavy atom. The van der Waals surface area contributed by atoms with Crippen molar-refractivity contribution < 1.29 is 14.6 Å². The molecule has 4 heterocycles. The van der Waals surface area contributed by atoms with E-state index in [-0.39, 0.29) is 5.97 Å². The lowest BCUT2D eigenvalue weighted by Crippen LogP contribution is -2.47. The molecule has 8 heteroatoms. The Balaban J connectivity index is 1.16. The molecule has 0 bridgehead atoms. The van der Waals surface area contributed by atoms with E-state index < -0.39 is 6.10 Å². The number of likely N-dealkylation sites (tertiary alicyclic amines) is 1. The number of rotatable bonds is 4. The first-order valence-electron chi connectivity index (χ1n) is 11.4. The lowest BCUT2D eigenvalue weighted by atomic mass is 9.71. The number of β-amino-alcohol motifs (C(OH)–C–C–N with tert-alkyl or cyclic N) is 1. The van der Waals surface area contributed by atoms with Crippen molar-refractivity contribution >= 4 is 23.4 Å². The summed E-state index contributed by atoms with van der Waals surface area (Å²) in [5.74, 6) is 0.601. The second-order valence-electron chi connectivity index (χ2n) is 9.39. The van der Waals surface area contributed by atoms with Crippen LogP contribution in [-0.2, 0) is 11.3 Å². The maximum atomic E-state index is 11.8. The zero-order valence-electron chi connectivity index (χ0n) is 18.4. The van der Waals surface area contributed by atoms with Crippen LogP contribution in [0, 0.1) is 12.3 Å². The van der Waals surface area contributed by atoms with Gasteiger partial charge in [-0.05, 0) is 68.3 Å². The van der Waals surface area contributed by atoms with Gasteiger partial charge in [0, 0.05) is 25.2 Å². The fraction of sp³-hybridized carbons (Fsp3) is 0.542. The number of carbonyl (C=O) groups is 1. The Kier molecular flexibility index (Phi) is 5.82. The van der Waals surface area contributed by atoms with E-state index in [1.165, 1.54) is 0 Å². The molecule has 3 aliphatic heterocycles. The van der Waals surface area contributed by atoms with Gasteiger partial charge in [0.05, 0.1) is 24.1 Å². The van der Waals surface area contributed by atoms with Crippen molar-refractivity contribution in [3.05, 3.63) is 51.9 Å². The molecular formula is C24H29ClN4O3. The molecule has 170 valence electrons. The summed E-state index contributed by atoms with van der Waals surface area (Å²) < 4.78 is 5.15. The normalized spacial score (nSPS) is 21.5.